The molecule has 2 aromatic heterocycles. The quantitative estimate of drug-likeness (QED) is 0.898. The number of nitrogens with one attached hydrogen (secondary N) is 1. The molecule has 1 fully saturated rings. The highest BCUT2D eigenvalue weighted by Crippen LogP contribution is 2.18. The number of amides is 1. The van der Waals surface area contributed by atoms with Gasteiger partial charge in [0.25, 0.3) is 11.5 Å². The summed E-state index contributed by atoms with van der Waals surface area (Å²) in [6, 6.07) is 1.42. The maximum atomic E-state index is 12.9. The summed E-state index contributed by atoms with van der Waals surface area (Å²) in [5.74, 6) is 0.629. The molecule has 1 saturated heterocycles. The fourth-order valence-electron chi connectivity index (χ4n) is 3.29. The van der Waals surface area contributed by atoms with Crippen molar-refractivity contribution < 1.29 is 9.53 Å². The number of rotatable bonds is 5. The van der Waals surface area contributed by atoms with Crippen LogP contribution in [-0.4, -0.2) is 51.2 Å². The fourth-order valence-corrected chi connectivity index (χ4v) is 3.29. The number of H-pyrrole nitrogens is 1. The van der Waals surface area contributed by atoms with E-state index in [1.165, 1.54) is 12.5 Å². The number of aromatic nitrogens is 3. The summed E-state index contributed by atoms with van der Waals surface area (Å²) in [5, 5.41) is 2.68. The molecular formula is C18H26N4O3. The molecule has 1 amide bonds. The molecule has 0 bridgehead atoms. The lowest BCUT2D eigenvalue weighted by atomic mass is 10.0. The number of carbonyl (C=O) groups is 1. The van der Waals surface area contributed by atoms with Crippen LogP contribution in [0.15, 0.2) is 17.1 Å². The van der Waals surface area contributed by atoms with Crippen LogP contribution in [0.2, 0.25) is 0 Å². The number of morpholine rings is 1. The monoisotopic (exact) mass is 346 g/mol. The topological polar surface area (TPSA) is 79.7 Å². The number of hydrogen-bond acceptors (Lipinski definition) is 4. The maximum absolute atomic E-state index is 12.9. The van der Waals surface area contributed by atoms with Gasteiger partial charge in [-0.05, 0) is 19.3 Å². The third-order valence-electron chi connectivity index (χ3n) is 4.73. The zero-order valence-corrected chi connectivity index (χ0v) is 15.1. The van der Waals surface area contributed by atoms with Crippen molar-refractivity contribution in [2.75, 3.05) is 19.7 Å². The van der Waals surface area contributed by atoms with Crippen LogP contribution < -0.4 is 5.56 Å². The van der Waals surface area contributed by atoms with E-state index >= 15 is 0 Å². The molecule has 1 N–H and O–H groups in total. The summed E-state index contributed by atoms with van der Waals surface area (Å²) in [4.78, 5) is 30.5. The summed E-state index contributed by atoms with van der Waals surface area (Å²) in [5.41, 5.74) is 1.51. The second kappa shape index (κ2) is 7.39. The molecule has 1 atom stereocenters. The standard InChI is InChI=1S/C18H26N4O3/c1-12(2)5-4-6-14-11-21(7-8-25-14)18(24)15-10-19-16-9-17(23)20-22(16)13(15)3/h9-10,12,14H,4-8,11H2,1-3H3,(H,20,23)/t14-/m0/s1. The summed E-state index contributed by atoms with van der Waals surface area (Å²) < 4.78 is 7.38. The average Bonchev–Trinajstić information content (AvgIpc) is 2.96. The second-order valence-electron chi connectivity index (χ2n) is 7.14. The predicted molar refractivity (Wildman–Crippen MR) is 94.9 cm³/mol. The minimum absolute atomic E-state index is 0.0568. The number of nitrogens with zero attached hydrogens (tertiary/aromatic N) is 3. The Balaban J connectivity index is 1.72. The number of aromatic amines is 1. The first-order chi connectivity index (χ1) is 12.0. The van der Waals surface area contributed by atoms with Crippen molar-refractivity contribution in [3.8, 4) is 0 Å². The first-order valence-corrected chi connectivity index (χ1v) is 8.94. The third kappa shape index (κ3) is 3.92. The lowest BCUT2D eigenvalue weighted by Crippen LogP contribution is -2.46. The minimum Gasteiger partial charge on any atom is -0.375 e. The van der Waals surface area contributed by atoms with Gasteiger partial charge in [-0.15, -0.1) is 0 Å². The molecule has 0 spiro atoms. The Kier molecular flexibility index (Phi) is 5.22. The number of aryl methyl sites for hydroxylation is 1. The Bertz CT molecular complexity index is 808. The Hall–Kier alpha value is -2.15. The molecule has 7 nitrogen and oxygen atoms in total. The van der Waals surface area contributed by atoms with E-state index in [0.717, 1.165) is 12.8 Å². The van der Waals surface area contributed by atoms with Gasteiger partial charge < -0.3 is 9.64 Å². The van der Waals surface area contributed by atoms with E-state index < -0.39 is 0 Å². The fraction of sp³-hybridized carbons (Fsp3) is 0.611. The molecule has 25 heavy (non-hydrogen) atoms. The molecule has 1 aliphatic rings. The van der Waals surface area contributed by atoms with Crippen molar-refractivity contribution in [3.05, 3.63) is 33.9 Å². The van der Waals surface area contributed by atoms with E-state index in [1.54, 1.807) is 10.7 Å². The molecule has 3 rings (SSSR count). The molecular weight excluding hydrogens is 320 g/mol. The zero-order valence-electron chi connectivity index (χ0n) is 15.1. The van der Waals surface area contributed by atoms with E-state index in [2.05, 4.69) is 23.9 Å². The van der Waals surface area contributed by atoms with E-state index in [0.29, 0.717) is 42.5 Å². The van der Waals surface area contributed by atoms with Crippen LogP contribution in [0.3, 0.4) is 0 Å². The van der Waals surface area contributed by atoms with Crippen LogP contribution in [0, 0.1) is 12.8 Å². The Labute approximate surface area is 147 Å². The van der Waals surface area contributed by atoms with E-state index in [4.69, 9.17) is 4.74 Å². The van der Waals surface area contributed by atoms with E-state index in [1.807, 2.05) is 11.8 Å². The van der Waals surface area contributed by atoms with Gasteiger partial charge in [0.1, 0.15) is 0 Å². The molecule has 2 aromatic rings. The second-order valence-corrected chi connectivity index (χ2v) is 7.14. The summed E-state index contributed by atoms with van der Waals surface area (Å²) in [6.07, 6.45) is 4.92. The van der Waals surface area contributed by atoms with Crippen LogP contribution in [0.5, 0.6) is 0 Å². The van der Waals surface area contributed by atoms with Gasteiger partial charge in [-0.2, -0.15) is 0 Å². The van der Waals surface area contributed by atoms with Crippen molar-refractivity contribution >= 4 is 11.6 Å². The van der Waals surface area contributed by atoms with E-state index in [9.17, 15) is 9.59 Å². The first kappa shape index (κ1) is 17.7. The molecule has 7 heteroatoms. The predicted octanol–water partition coefficient (Wildman–Crippen LogP) is 2.00. The largest absolute Gasteiger partial charge is 0.375 e. The van der Waals surface area contributed by atoms with Gasteiger partial charge in [-0.1, -0.05) is 26.7 Å². The molecule has 1 aliphatic heterocycles. The lowest BCUT2D eigenvalue weighted by Gasteiger charge is -2.33. The highest BCUT2D eigenvalue weighted by Gasteiger charge is 2.26. The number of hydrogen-bond donors (Lipinski definition) is 1. The lowest BCUT2D eigenvalue weighted by molar-refractivity contribution is -0.0260. The summed E-state index contributed by atoms with van der Waals surface area (Å²) in [7, 11) is 0. The van der Waals surface area contributed by atoms with Gasteiger partial charge in [0, 0.05) is 25.4 Å². The van der Waals surface area contributed by atoms with Gasteiger partial charge in [-0.3, -0.25) is 14.7 Å². The minimum atomic E-state index is -0.225. The Morgan fingerprint density at radius 1 is 1.48 bits per heavy atom. The highest BCUT2D eigenvalue weighted by atomic mass is 16.5. The maximum Gasteiger partial charge on any atom is 0.266 e. The third-order valence-corrected chi connectivity index (χ3v) is 4.73. The Morgan fingerprint density at radius 2 is 2.28 bits per heavy atom. The molecule has 0 unspecified atom stereocenters. The molecule has 0 saturated carbocycles. The molecule has 0 aliphatic carbocycles. The van der Waals surface area contributed by atoms with Gasteiger partial charge in [-0.25, -0.2) is 9.50 Å². The highest BCUT2D eigenvalue weighted by molar-refractivity contribution is 5.95. The first-order valence-electron chi connectivity index (χ1n) is 8.94. The average molecular weight is 346 g/mol. The zero-order chi connectivity index (χ0) is 18.0. The van der Waals surface area contributed by atoms with Gasteiger partial charge in [0.15, 0.2) is 5.65 Å². The molecule has 0 radical (unpaired) electrons. The molecule has 3 heterocycles. The molecule has 136 valence electrons. The Morgan fingerprint density at radius 3 is 3.04 bits per heavy atom. The van der Waals surface area contributed by atoms with Crippen LogP contribution in [-0.2, 0) is 4.74 Å². The molecule has 0 aromatic carbocycles. The van der Waals surface area contributed by atoms with Crippen molar-refractivity contribution in [2.24, 2.45) is 5.92 Å². The SMILES string of the molecule is Cc1c(C(=O)N2CCO[C@@H](CCCC(C)C)C2)cnc2cc(=O)[nH]n12. The van der Waals surface area contributed by atoms with Crippen molar-refractivity contribution in [1.82, 2.24) is 19.5 Å². The number of ether oxygens (including phenoxy) is 1. The summed E-state index contributed by atoms with van der Waals surface area (Å²) in [6.45, 7) is 8.01. The van der Waals surface area contributed by atoms with Crippen molar-refractivity contribution in [1.29, 1.82) is 0 Å². The number of carbonyl (C=O) groups excluding carboxylic acids is 1. The normalized spacial score (nSPS) is 18.2. The smallest absolute Gasteiger partial charge is 0.266 e. The van der Waals surface area contributed by atoms with Gasteiger partial charge in [0.05, 0.1) is 24.0 Å². The van der Waals surface area contributed by atoms with Crippen molar-refractivity contribution in [2.45, 2.75) is 46.1 Å². The summed E-state index contributed by atoms with van der Waals surface area (Å²) >= 11 is 0. The van der Waals surface area contributed by atoms with Crippen LogP contribution in [0.25, 0.3) is 5.65 Å². The van der Waals surface area contributed by atoms with Gasteiger partial charge in [0.2, 0.25) is 0 Å². The number of fused-ring (bicyclic) bond motifs is 1. The van der Waals surface area contributed by atoms with Crippen LogP contribution in [0.4, 0.5) is 0 Å². The van der Waals surface area contributed by atoms with Crippen LogP contribution >= 0.6 is 0 Å². The van der Waals surface area contributed by atoms with Crippen molar-refractivity contribution in [3.63, 3.8) is 0 Å². The van der Waals surface area contributed by atoms with E-state index in [-0.39, 0.29) is 17.6 Å². The van der Waals surface area contributed by atoms with Crippen LogP contribution in [0.1, 0.15) is 49.2 Å². The van der Waals surface area contributed by atoms with Gasteiger partial charge >= 0.3 is 0 Å².